The highest BCUT2D eigenvalue weighted by Gasteiger charge is 2.34. The number of rotatable bonds is 5. The lowest BCUT2D eigenvalue weighted by Gasteiger charge is -2.35. The first-order chi connectivity index (χ1) is 15.0. The number of benzene rings is 2. The fourth-order valence-electron chi connectivity index (χ4n) is 4.05. The number of carbonyl (C=O) groups is 2. The van der Waals surface area contributed by atoms with E-state index in [4.69, 9.17) is 11.6 Å². The smallest absolute Gasteiger partial charge is 0.241 e. The molecule has 2 heterocycles. The van der Waals surface area contributed by atoms with Crippen LogP contribution in [0.5, 0.6) is 0 Å². The van der Waals surface area contributed by atoms with Gasteiger partial charge in [-0.25, -0.2) is 10.9 Å². The molecule has 0 bridgehead atoms. The Bertz CT molecular complexity index is 928. The second-order valence-corrected chi connectivity index (χ2v) is 8.64. The van der Waals surface area contributed by atoms with Gasteiger partial charge in [-0.15, -0.1) is 0 Å². The average Bonchev–Trinajstić information content (AvgIpc) is 3.26. The van der Waals surface area contributed by atoms with Crippen LogP contribution in [-0.4, -0.2) is 60.4 Å². The fourth-order valence-corrected chi connectivity index (χ4v) is 4.25. The number of hydrogen-bond acceptors (Lipinski definition) is 5. The first-order valence-electron chi connectivity index (χ1n) is 10.6. The normalized spacial score (nSPS) is 21.8. The lowest BCUT2D eigenvalue weighted by molar-refractivity contribution is -0.135. The molecule has 2 aliphatic rings. The lowest BCUT2D eigenvalue weighted by Crippen LogP contribution is -2.54. The summed E-state index contributed by atoms with van der Waals surface area (Å²) >= 11 is 6.09. The Balaban J connectivity index is 1.22. The van der Waals surface area contributed by atoms with Gasteiger partial charge in [0.05, 0.1) is 6.54 Å². The summed E-state index contributed by atoms with van der Waals surface area (Å²) in [6.07, 6.45) is 0.679. The standard InChI is InChI=1S/C23H28ClN5O2/c1-16-5-7-19(8-6-16)25-22(30)15-28-9-11-29(12-10-28)23(31)21-14-20(26-27-21)17-3-2-4-18(24)13-17/h2-8,13,20-21,26-27H,9-12,14-15H2,1H3,(H,25,30). The van der Waals surface area contributed by atoms with Crippen molar-refractivity contribution < 1.29 is 9.59 Å². The molecule has 0 spiro atoms. The second-order valence-electron chi connectivity index (χ2n) is 8.20. The Hall–Kier alpha value is -2.45. The van der Waals surface area contributed by atoms with Crippen LogP contribution < -0.4 is 16.2 Å². The van der Waals surface area contributed by atoms with Gasteiger partial charge in [-0.3, -0.25) is 14.5 Å². The quantitative estimate of drug-likeness (QED) is 0.664. The highest BCUT2D eigenvalue weighted by molar-refractivity contribution is 6.30. The van der Waals surface area contributed by atoms with Gasteiger partial charge in [-0.2, -0.15) is 0 Å². The molecule has 3 N–H and O–H groups in total. The van der Waals surface area contributed by atoms with E-state index in [0.717, 1.165) is 16.8 Å². The minimum atomic E-state index is -0.264. The summed E-state index contributed by atoms with van der Waals surface area (Å²) in [6, 6.07) is 15.3. The first-order valence-corrected chi connectivity index (χ1v) is 11.0. The third kappa shape index (κ3) is 5.62. The largest absolute Gasteiger partial charge is 0.339 e. The number of piperazine rings is 1. The van der Waals surface area contributed by atoms with E-state index < -0.39 is 0 Å². The summed E-state index contributed by atoms with van der Waals surface area (Å²) in [7, 11) is 0. The van der Waals surface area contributed by atoms with Gasteiger partial charge in [0, 0.05) is 42.9 Å². The molecule has 2 saturated heterocycles. The maximum Gasteiger partial charge on any atom is 0.241 e. The SMILES string of the molecule is Cc1ccc(NC(=O)CN2CCN(C(=O)C3CC(c4cccc(Cl)c4)NN3)CC2)cc1. The van der Waals surface area contributed by atoms with Crippen LogP contribution in [0.15, 0.2) is 48.5 Å². The summed E-state index contributed by atoms with van der Waals surface area (Å²) in [5.74, 6) is 0.0652. The van der Waals surface area contributed by atoms with Crippen molar-refractivity contribution in [1.29, 1.82) is 0 Å². The van der Waals surface area contributed by atoms with Gasteiger partial charge in [0.1, 0.15) is 6.04 Å². The Kier molecular flexibility index (Phi) is 6.87. The van der Waals surface area contributed by atoms with Crippen molar-refractivity contribution in [3.8, 4) is 0 Å². The molecule has 2 unspecified atom stereocenters. The number of nitrogens with zero attached hydrogens (tertiary/aromatic N) is 2. The van der Waals surface area contributed by atoms with E-state index in [0.29, 0.717) is 44.2 Å². The Morgan fingerprint density at radius 3 is 2.52 bits per heavy atom. The van der Waals surface area contributed by atoms with Crippen molar-refractivity contribution in [2.24, 2.45) is 0 Å². The fraction of sp³-hybridized carbons (Fsp3) is 0.391. The van der Waals surface area contributed by atoms with E-state index >= 15 is 0 Å². The Morgan fingerprint density at radius 1 is 1.06 bits per heavy atom. The predicted octanol–water partition coefficient (Wildman–Crippen LogP) is 2.34. The summed E-state index contributed by atoms with van der Waals surface area (Å²) in [6.45, 7) is 4.96. The van der Waals surface area contributed by atoms with Crippen LogP contribution in [0.4, 0.5) is 5.69 Å². The molecule has 0 aromatic heterocycles. The maximum absolute atomic E-state index is 12.9. The molecule has 2 atom stereocenters. The maximum atomic E-state index is 12.9. The van der Waals surface area contributed by atoms with E-state index in [2.05, 4.69) is 21.1 Å². The molecule has 0 saturated carbocycles. The number of amides is 2. The average molecular weight is 442 g/mol. The van der Waals surface area contributed by atoms with E-state index in [1.54, 1.807) is 0 Å². The third-order valence-corrected chi connectivity index (χ3v) is 6.07. The van der Waals surface area contributed by atoms with Gasteiger partial charge in [0.15, 0.2) is 0 Å². The van der Waals surface area contributed by atoms with Gasteiger partial charge in [-0.1, -0.05) is 41.4 Å². The topological polar surface area (TPSA) is 76.7 Å². The summed E-state index contributed by atoms with van der Waals surface area (Å²) in [5.41, 5.74) is 9.38. The molecule has 2 aliphatic heterocycles. The van der Waals surface area contributed by atoms with Crippen molar-refractivity contribution in [2.75, 3.05) is 38.0 Å². The monoisotopic (exact) mass is 441 g/mol. The minimum Gasteiger partial charge on any atom is -0.339 e. The second kappa shape index (κ2) is 9.78. The van der Waals surface area contributed by atoms with Gasteiger partial charge in [0.2, 0.25) is 11.8 Å². The summed E-state index contributed by atoms with van der Waals surface area (Å²) in [5, 5.41) is 3.62. The Labute approximate surface area is 187 Å². The summed E-state index contributed by atoms with van der Waals surface area (Å²) < 4.78 is 0. The highest BCUT2D eigenvalue weighted by Crippen LogP contribution is 2.25. The van der Waals surface area contributed by atoms with Crippen molar-refractivity contribution in [2.45, 2.75) is 25.4 Å². The molecule has 0 radical (unpaired) electrons. The predicted molar refractivity (Wildman–Crippen MR) is 122 cm³/mol. The van der Waals surface area contributed by atoms with Crippen LogP contribution in [-0.2, 0) is 9.59 Å². The zero-order valence-corrected chi connectivity index (χ0v) is 18.4. The van der Waals surface area contributed by atoms with Crippen LogP contribution in [0.1, 0.15) is 23.6 Å². The van der Waals surface area contributed by atoms with Gasteiger partial charge in [0.25, 0.3) is 0 Å². The number of aryl methyl sites for hydroxylation is 1. The van der Waals surface area contributed by atoms with Crippen molar-refractivity contribution in [3.63, 3.8) is 0 Å². The van der Waals surface area contributed by atoms with Gasteiger partial charge >= 0.3 is 0 Å². The molecule has 2 aromatic carbocycles. The van der Waals surface area contributed by atoms with Crippen LogP contribution >= 0.6 is 11.6 Å². The van der Waals surface area contributed by atoms with Crippen molar-refractivity contribution >= 4 is 29.1 Å². The zero-order chi connectivity index (χ0) is 21.8. The molecule has 8 heteroatoms. The molecular weight excluding hydrogens is 414 g/mol. The number of carbonyl (C=O) groups excluding carboxylic acids is 2. The number of hydrazine groups is 1. The number of anilines is 1. The number of halogens is 1. The molecule has 2 amide bonds. The molecule has 31 heavy (non-hydrogen) atoms. The minimum absolute atomic E-state index is 0.0327. The van der Waals surface area contributed by atoms with Crippen LogP contribution in [0.2, 0.25) is 5.02 Å². The lowest BCUT2D eigenvalue weighted by atomic mass is 10.0. The van der Waals surface area contributed by atoms with Gasteiger partial charge in [-0.05, 0) is 43.2 Å². The summed E-state index contributed by atoms with van der Waals surface area (Å²) in [4.78, 5) is 29.2. The number of hydrogen-bond donors (Lipinski definition) is 3. The van der Waals surface area contributed by atoms with E-state index in [9.17, 15) is 9.59 Å². The molecule has 4 rings (SSSR count). The molecule has 0 aliphatic carbocycles. The first kappa shape index (κ1) is 21.8. The third-order valence-electron chi connectivity index (χ3n) is 5.84. The molecule has 7 nitrogen and oxygen atoms in total. The molecule has 2 fully saturated rings. The van der Waals surface area contributed by atoms with Crippen LogP contribution in [0.3, 0.4) is 0 Å². The van der Waals surface area contributed by atoms with E-state index in [-0.39, 0.29) is 23.9 Å². The molecule has 164 valence electrons. The Morgan fingerprint density at radius 2 is 1.81 bits per heavy atom. The number of nitrogens with one attached hydrogen (secondary N) is 3. The van der Waals surface area contributed by atoms with E-state index in [1.807, 2.05) is 60.4 Å². The van der Waals surface area contributed by atoms with Crippen LogP contribution in [0, 0.1) is 6.92 Å². The van der Waals surface area contributed by atoms with Crippen molar-refractivity contribution in [1.82, 2.24) is 20.7 Å². The zero-order valence-electron chi connectivity index (χ0n) is 17.6. The van der Waals surface area contributed by atoms with E-state index in [1.165, 1.54) is 0 Å². The van der Waals surface area contributed by atoms with Crippen molar-refractivity contribution in [3.05, 3.63) is 64.7 Å². The molecular formula is C23H28ClN5O2. The van der Waals surface area contributed by atoms with Gasteiger partial charge < -0.3 is 10.2 Å². The molecule has 2 aromatic rings. The highest BCUT2D eigenvalue weighted by atomic mass is 35.5. The van der Waals surface area contributed by atoms with Crippen LogP contribution in [0.25, 0.3) is 0 Å².